The fourth-order valence-electron chi connectivity index (χ4n) is 2.50. The summed E-state index contributed by atoms with van der Waals surface area (Å²) in [6.45, 7) is 2.11. The van der Waals surface area contributed by atoms with Gasteiger partial charge in [0.2, 0.25) is 5.95 Å². The first-order valence-electron chi connectivity index (χ1n) is 8.51. The van der Waals surface area contributed by atoms with Gasteiger partial charge in [0.25, 0.3) is 0 Å². The third-order valence-corrected chi connectivity index (χ3v) is 3.92. The molecule has 0 radical (unpaired) electrons. The van der Waals surface area contributed by atoms with Gasteiger partial charge in [-0.25, -0.2) is 24.7 Å². The Kier molecular flexibility index (Phi) is 4.30. The Labute approximate surface area is 150 Å². The Bertz CT molecular complexity index is 957. The lowest BCUT2D eigenvalue weighted by Crippen LogP contribution is -2.07. The van der Waals surface area contributed by atoms with E-state index in [0.29, 0.717) is 46.7 Å². The molecule has 26 heavy (non-hydrogen) atoms. The van der Waals surface area contributed by atoms with Gasteiger partial charge in [0.1, 0.15) is 17.4 Å². The first-order valence-corrected chi connectivity index (χ1v) is 8.51. The molecule has 1 fully saturated rings. The average Bonchev–Trinajstić information content (AvgIpc) is 3.47. The summed E-state index contributed by atoms with van der Waals surface area (Å²) in [5.74, 6) is 0.761. The van der Waals surface area contributed by atoms with Crippen molar-refractivity contribution >= 4 is 34.5 Å². The first kappa shape index (κ1) is 16.2. The number of benzene rings is 1. The number of rotatable bonds is 6. The monoisotopic (exact) mass is 350 g/mol. The predicted octanol–water partition coefficient (Wildman–Crippen LogP) is 2.91. The quantitative estimate of drug-likeness (QED) is 0.654. The molecule has 1 aromatic carbocycles. The molecule has 8 heteroatoms. The Morgan fingerprint density at radius 2 is 2.15 bits per heavy atom. The minimum absolute atomic E-state index is 0.334. The predicted molar refractivity (Wildman–Crippen MR) is 97.5 cm³/mol. The lowest BCUT2D eigenvalue weighted by molar-refractivity contribution is 0.0526. The third kappa shape index (κ3) is 3.53. The van der Waals surface area contributed by atoms with Crippen LogP contribution in [0.2, 0.25) is 0 Å². The molecule has 132 valence electrons. The molecule has 0 aliphatic heterocycles. The summed E-state index contributed by atoms with van der Waals surface area (Å²) in [6, 6.07) is 7.51. The topological polar surface area (TPSA) is 102 Å². The number of hydrogen-bond donors (Lipinski definition) is 2. The van der Waals surface area contributed by atoms with Crippen LogP contribution in [-0.4, -0.2) is 38.6 Å². The fraction of sp³-hybridized carbons (Fsp3) is 0.278. The highest BCUT2D eigenvalue weighted by atomic mass is 16.5. The summed E-state index contributed by atoms with van der Waals surface area (Å²) in [7, 11) is 0. The van der Waals surface area contributed by atoms with Gasteiger partial charge < -0.3 is 15.4 Å². The Morgan fingerprint density at radius 3 is 2.96 bits per heavy atom. The van der Waals surface area contributed by atoms with Gasteiger partial charge in [-0.2, -0.15) is 0 Å². The molecule has 0 amide bonds. The molecule has 1 aliphatic rings. The van der Waals surface area contributed by atoms with Gasteiger partial charge in [-0.15, -0.1) is 0 Å². The van der Waals surface area contributed by atoms with Gasteiger partial charge in [0, 0.05) is 11.7 Å². The first-order chi connectivity index (χ1) is 12.7. The van der Waals surface area contributed by atoms with Gasteiger partial charge in [-0.05, 0) is 38.0 Å². The highest BCUT2D eigenvalue weighted by Gasteiger charge is 2.22. The lowest BCUT2D eigenvalue weighted by Gasteiger charge is -2.10. The number of anilines is 3. The molecule has 2 N–H and O–H groups in total. The zero-order valence-electron chi connectivity index (χ0n) is 14.3. The lowest BCUT2D eigenvalue weighted by atomic mass is 10.2. The molecule has 4 rings (SSSR count). The van der Waals surface area contributed by atoms with Crippen LogP contribution in [0.4, 0.5) is 17.5 Å². The van der Waals surface area contributed by atoms with E-state index in [-0.39, 0.29) is 5.97 Å². The number of ether oxygens (including phenoxy) is 1. The van der Waals surface area contributed by atoms with Gasteiger partial charge in [-0.3, -0.25) is 0 Å². The van der Waals surface area contributed by atoms with E-state index in [1.54, 1.807) is 31.3 Å². The number of nitrogens with one attached hydrogen (secondary N) is 2. The van der Waals surface area contributed by atoms with Gasteiger partial charge in [0.15, 0.2) is 5.82 Å². The van der Waals surface area contributed by atoms with Crippen LogP contribution < -0.4 is 10.6 Å². The second kappa shape index (κ2) is 6.91. The second-order valence-corrected chi connectivity index (χ2v) is 5.99. The summed E-state index contributed by atoms with van der Waals surface area (Å²) < 4.78 is 5.04. The van der Waals surface area contributed by atoms with Crippen LogP contribution >= 0.6 is 0 Å². The number of fused-ring (bicyclic) bond motifs is 1. The molecular formula is C18H18N6O2. The number of hydrogen-bond acceptors (Lipinski definition) is 8. The van der Waals surface area contributed by atoms with E-state index >= 15 is 0 Å². The molecule has 1 aliphatic carbocycles. The molecule has 0 saturated heterocycles. The van der Waals surface area contributed by atoms with Gasteiger partial charge in [0.05, 0.1) is 18.4 Å². The fourth-order valence-corrected chi connectivity index (χ4v) is 2.50. The Balaban J connectivity index is 1.64. The maximum atomic E-state index is 11.9. The highest BCUT2D eigenvalue weighted by Crippen LogP contribution is 2.26. The van der Waals surface area contributed by atoms with Crippen molar-refractivity contribution in [2.75, 3.05) is 17.2 Å². The minimum Gasteiger partial charge on any atom is -0.462 e. The summed E-state index contributed by atoms with van der Waals surface area (Å²) in [6.07, 6.45) is 5.41. The van der Waals surface area contributed by atoms with Crippen molar-refractivity contribution in [1.29, 1.82) is 0 Å². The second-order valence-electron chi connectivity index (χ2n) is 5.99. The smallest absolute Gasteiger partial charge is 0.338 e. The number of nitrogens with zero attached hydrogens (tertiary/aromatic N) is 4. The molecule has 0 unspecified atom stereocenters. The number of esters is 1. The van der Waals surface area contributed by atoms with Crippen LogP contribution in [0.1, 0.15) is 30.1 Å². The van der Waals surface area contributed by atoms with Gasteiger partial charge >= 0.3 is 5.97 Å². The normalized spacial score (nSPS) is 13.4. The van der Waals surface area contributed by atoms with Crippen LogP contribution in [-0.2, 0) is 4.74 Å². The number of carbonyl (C=O) groups is 1. The molecule has 0 spiro atoms. The van der Waals surface area contributed by atoms with Crippen molar-refractivity contribution in [3.8, 4) is 0 Å². The largest absolute Gasteiger partial charge is 0.462 e. The van der Waals surface area contributed by atoms with Crippen LogP contribution in [0.5, 0.6) is 0 Å². The summed E-state index contributed by atoms with van der Waals surface area (Å²) >= 11 is 0. The maximum absolute atomic E-state index is 11.9. The summed E-state index contributed by atoms with van der Waals surface area (Å²) in [5.41, 5.74) is 2.45. The van der Waals surface area contributed by atoms with Crippen LogP contribution in [0.25, 0.3) is 11.0 Å². The zero-order valence-corrected chi connectivity index (χ0v) is 14.3. The molecular weight excluding hydrogens is 332 g/mol. The molecule has 8 nitrogen and oxygen atoms in total. The zero-order chi connectivity index (χ0) is 17.9. The van der Waals surface area contributed by atoms with Crippen molar-refractivity contribution < 1.29 is 9.53 Å². The Morgan fingerprint density at radius 1 is 1.27 bits per heavy atom. The van der Waals surface area contributed by atoms with Crippen molar-refractivity contribution in [3.63, 3.8) is 0 Å². The highest BCUT2D eigenvalue weighted by molar-refractivity contribution is 5.92. The number of aromatic nitrogens is 4. The molecule has 1 saturated carbocycles. The minimum atomic E-state index is -0.359. The maximum Gasteiger partial charge on any atom is 0.338 e. The van der Waals surface area contributed by atoms with Crippen LogP contribution in [0.3, 0.4) is 0 Å². The van der Waals surface area contributed by atoms with E-state index in [2.05, 4.69) is 30.6 Å². The third-order valence-electron chi connectivity index (χ3n) is 3.92. The van der Waals surface area contributed by atoms with Crippen molar-refractivity contribution in [3.05, 3.63) is 42.4 Å². The van der Waals surface area contributed by atoms with Crippen molar-refractivity contribution in [1.82, 2.24) is 19.9 Å². The SMILES string of the molecule is CCOC(=O)c1cccc(Nc2ncnc3cnc(NC4CC4)nc23)c1. The summed E-state index contributed by atoms with van der Waals surface area (Å²) in [5, 5.41) is 6.47. The molecule has 0 bridgehead atoms. The molecule has 2 aromatic heterocycles. The van der Waals surface area contributed by atoms with E-state index in [1.165, 1.54) is 6.33 Å². The molecule has 2 heterocycles. The number of carbonyl (C=O) groups excluding carboxylic acids is 1. The average molecular weight is 350 g/mol. The summed E-state index contributed by atoms with van der Waals surface area (Å²) in [4.78, 5) is 29.2. The molecule has 0 atom stereocenters. The van der Waals surface area contributed by atoms with Crippen molar-refractivity contribution in [2.24, 2.45) is 0 Å². The van der Waals surface area contributed by atoms with Crippen LogP contribution in [0.15, 0.2) is 36.8 Å². The van der Waals surface area contributed by atoms with E-state index in [1.807, 2.05) is 6.07 Å². The van der Waals surface area contributed by atoms with E-state index in [4.69, 9.17) is 4.74 Å². The van der Waals surface area contributed by atoms with Crippen molar-refractivity contribution in [2.45, 2.75) is 25.8 Å². The van der Waals surface area contributed by atoms with Gasteiger partial charge in [-0.1, -0.05) is 6.07 Å². The van der Waals surface area contributed by atoms with E-state index < -0.39 is 0 Å². The Hall–Kier alpha value is -3.29. The van der Waals surface area contributed by atoms with E-state index in [9.17, 15) is 4.79 Å². The van der Waals surface area contributed by atoms with Crippen LogP contribution in [0, 0.1) is 0 Å². The standard InChI is InChI=1S/C18H18N6O2/c1-2-26-17(25)11-4-3-5-13(8-11)22-16-15-14(20-10-21-16)9-19-18(24-15)23-12-6-7-12/h3-5,8-10,12H,2,6-7H2,1H3,(H,19,23,24)(H,20,21,22). The van der Waals surface area contributed by atoms with E-state index in [0.717, 1.165) is 12.8 Å². The molecule has 3 aromatic rings.